The van der Waals surface area contributed by atoms with E-state index < -0.39 is 23.5 Å². The molecule has 3 aromatic rings. The maximum Gasteiger partial charge on any atom is 0.339 e. The van der Waals surface area contributed by atoms with Crippen molar-refractivity contribution in [2.24, 2.45) is 5.92 Å². The molecule has 0 aliphatic carbocycles. The van der Waals surface area contributed by atoms with E-state index in [9.17, 15) is 19.5 Å². The summed E-state index contributed by atoms with van der Waals surface area (Å²) >= 11 is 0. The summed E-state index contributed by atoms with van der Waals surface area (Å²) in [5.41, 5.74) is 3.69. The molecule has 2 N–H and O–H groups in total. The number of carboxylic acid groups (broad SMARTS) is 1. The lowest BCUT2D eigenvalue weighted by Gasteiger charge is -2.18. The summed E-state index contributed by atoms with van der Waals surface area (Å²) in [5.74, 6) is -0.919. The summed E-state index contributed by atoms with van der Waals surface area (Å²) in [6, 6.07) is 1.000. The highest BCUT2D eigenvalue weighted by Crippen LogP contribution is 2.34. The monoisotopic (exact) mass is 413 g/mol. The Hall–Kier alpha value is -3.09. The molecule has 7 heteroatoms. The molecule has 0 radical (unpaired) electrons. The number of nitrogens with one attached hydrogen (secondary N) is 1. The molecule has 0 fully saturated rings. The number of amides is 1. The van der Waals surface area contributed by atoms with Crippen molar-refractivity contribution in [2.45, 2.75) is 60.4 Å². The van der Waals surface area contributed by atoms with E-state index in [1.807, 2.05) is 33.8 Å². The molecule has 1 aromatic carbocycles. The average molecular weight is 413 g/mol. The highest BCUT2D eigenvalue weighted by molar-refractivity contribution is 6.00. The summed E-state index contributed by atoms with van der Waals surface area (Å²) < 4.78 is 11.4. The van der Waals surface area contributed by atoms with E-state index in [1.165, 1.54) is 0 Å². The molecular formula is C23H27NO6. The first kappa shape index (κ1) is 21.6. The summed E-state index contributed by atoms with van der Waals surface area (Å²) in [5, 5.41) is 13.5. The van der Waals surface area contributed by atoms with Gasteiger partial charge in [0.2, 0.25) is 5.91 Å². The minimum Gasteiger partial charge on any atom is -0.480 e. The van der Waals surface area contributed by atoms with Crippen LogP contribution in [-0.2, 0) is 16.0 Å². The number of carbonyl (C=O) groups excluding carboxylic acids is 1. The van der Waals surface area contributed by atoms with Crippen molar-refractivity contribution in [3.8, 4) is 0 Å². The van der Waals surface area contributed by atoms with Crippen LogP contribution in [0.1, 0.15) is 48.3 Å². The van der Waals surface area contributed by atoms with Crippen molar-refractivity contribution >= 4 is 33.8 Å². The van der Waals surface area contributed by atoms with Gasteiger partial charge in [-0.3, -0.25) is 4.79 Å². The van der Waals surface area contributed by atoms with Crippen LogP contribution >= 0.6 is 0 Å². The molecule has 0 spiro atoms. The number of benzene rings is 1. The van der Waals surface area contributed by atoms with Gasteiger partial charge in [0.05, 0.1) is 0 Å². The minimum atomic E-state index is -1.08. The second-order valence-corrected chi connectivity index (χ2v) is 8.16. The fourth-order valence-electron chi connectivity index (χ4n) is 3.78. The second kappa shape index (κ2) is 7.97. The predicted molar refractivity (Wildman–Crippen MR) is 114 cm³/mol. The van der Waals surface area contributed by atoms with Crippen LogP contribution in [0.5, 0.6) is 0 Å². The van der Waals surface area contributed by atoms with Gasteiger partial charge in [-0.05, 0) is 57.2 Å². The molecule has 0 bridgehead atoms. The minimum absolute atomic E-state index is 0.00131. The van der Waals surface area contributed by atoms with Crippen LogP contribution in [0, 0.1) is 33.6 Å². The molecule has 0 saturated carbocycles. The van der Waals surface area contributed by atoms with Gasteiger partial charge in [-0.15, -0.1) is 0 Å². The third kappa shape index (κ3) is 3.72. The molecular weight excluding hydrogens is 386 g/mol. The van der Waals surface area contributed by atoms with Crippen LogP contribution in [0.4, 0.5) is 0 Å². The number of aryl methyl sites for hydroxylation is 4. The van der Waals surface area contributed by atoms with Gasteiger partial charge in [-0.2, -0.15) is 0 Å². The molecule has 0 unspecified atom stereocenters. The zero-order valence-corrected chi connectivity index (χ0v) is 18.1. The van der Waals surface area contributed by atoms with Crippen LogP contribution in [-0.4, -0.2) is 23.0 Å². The number of rotatable bonds is 6. The topological polar surface area (TPSA) is 110 Å². The summed E-state index contributed by atoms with van der Waals surface area (Å²) in [7, 11) is 0. The Bertz CT molecular complexity index is 1210. The highest BCUT2D eigenvalue weighted by Gasteiger charge is 2.24. The Morgan fingerprint density at radius 2 is 1.60 bits per heavy atom. The molecule has 0 aliphatic heterocycles. The molecule has 2 aromatic heterocycles. The molecule has 30 heavy (non-hydrogen) atoms. The van der Waals surface area contributed by atoms with Gasteiger partial charge < -0.3 is 19.3 Å². The summed E-state index contributed by atoms with van der Waals surface area (Å²) in [6.07, 6.45) is 0.166. The van der Waals surface area contributed by atoms with Gasteiger partial charge in [0.1, 0.15) is 23.0 Å². The molecule has 3 rings (SSSR count). The molecule has 0 aliphatic rings. The Labute approximate surface area is 174 Å². The van der Waals surface area contributed by atoms with Gasteiger partial charge in [0.25, 0.3) is 0 Å². The van der Waals surface area contributed by atoms with E-state index in [0.29, 0.717) is 16.7 Å². The number of hydrogen-bond acceptors (Lipinski definition) is 5. The number of aliphatic carboxylic acids is 1. The van der Waals surface area contributed by atoms with Gasteiger partial charge in [-0.1, -0.05) is 13.8 Å². The number of furan rings is 1. The number of carbonyl (C=O) groups is 2. The van der Waals surface area contributed by atoms with Gasteiger partial charge in [-0.25, -0.2) is 9.59 Å². The summed E-state index contributed by atoms with van der Waals surface area (Å²) in [4.78, 5) is 36.2. The zero-order valence-electron chi connectivity index (χ0n) is 18.1. The van der Waals surface area contributed by atoms with Crippen molar-refractivity contribution in [1.29, 1.82) is 0 Å². The summed E-state index contributed by atoms with van der Waals surface area (Å²) in [6.45, 7) is 11.0. The lowest BCUT2D eigenvalue weighted by molar-refractivity contribution is -0.143. The van der Waals surface area contributed by atoms with Crippen molar-refractivity contribution in [3.05, 3.63) is 44.5 Å². The zero-order chi connectivity index (χ0) is 22.3. The number of hydrogen-bond donors (Lipinski definition) is 2. The van der Waals surface area contributed by atoms with Crippen LogP contribution in [0.3, 0.4) is 0 Å². The van der Waals surface area contributed by atoms with Crippen molar-refractivity contribution in [2.75, 3.05) is 0 Å². The van der Waals surface area contributed by atoms with E-state index in [-0.39, 0.29) is 18.8 Å². The molecule has 1 atom stereocenters. The average Bonchev–Trinajstić information content (AvgIpc) is 2.95. The number of carboxylic acids is 1. The van der Waals surface area contributed by atoms with Gasteiger partial charge in [0, 0.05) is 28.3 Å². The Kier molecular flexibility index (Phi) is 5.74. The normalized spacial score (nSPS) is 12.6. The van der Waals surface area contributed by atoms with Crippen molar-refractivity contribution in [1.82, 2.24) is 5.32 Å². The van der Waals surface area contributed by atoms with E-state index in [4.69, 9.17) is 8.83 Å². The molecule has 0 saturated heterocycles. The van der Waals surface area contributed by atoms with Crippen LogP contribution in [0.2, 0.25) is 0 Å². The molecule has 160 valence electrons. The quantitative estimate of drug-likeness (QED) is 0.593. The predicted octanol–water partition coefficient (Wildman–Crippen LogP) is 3.93. The van der Waals surface area contributed by atoms with Crippen molar-refractivity contribution < 1.29 is 23.5 Å². The van der Waals surface area contributed by atoms with Crippen LogP contribution in [0.25, 0.3) is 21.9 Å². The largest absolute Gasteiger partial charge is 0.480 e. The maximum absolute atomic E-state index is 12.6. The Balaban J connectivity index is 1.96. The second-order valence-electron chi connectivity index (χ2n) is 8.16. The van der Waals surface area contributed by atoms with E-state index in [1.54, 1.807) is 13.8 Å². The SMILES string of the molecule is Cc1oc2c(C)c3oc(=O)c(CCC(=O)N[C@H](C(=O)O)C(C)C)c(C)c3cc2c1C. The first-order valence-electron chi connectivity index (χ1n) is 10.0. The van der Waals surface area contributed by atoms with E-state index >= 15 is 0 Å². The smallest absolute Gasteiger partial charge is 0.339 e. The first-order valence-corrected chi connectivity index (χ1v) is 10.0. The number of fused-ring (bicyclic) bond motifs is 2. The highest BCUT2D eigenvalue weighted by atomic mass is 16.4. The van der Waals surface area contributed by atoms with E-state index in [2.05, 4.69) is 5.32 Å². The fourth-order valence-corrected chi connectivity index (χ4v) is 3.78. The standard InChI is InChI=1S/C23H27NO6/c1-10(2)19(22(26)27)24-18(25)8-7-15-12(4)17-9-16-11(3)14(6)29-20(16)13(5)21(17)30-23(15)28/h9-10,19H,7-8H2,1-6H3,(H,24,25)(H,26,27)/t19-/m0/s1. The Morgan fingerprint density at radius 3 is 2.20 bits per heavy atom. The van der Waals surface area contributed by atoms with Gasteiger partial charge in [0.15, 0.2) is 0 Å². The fraction of sp³-hybridized carbons (Fsp3) is 0.435. The van der Waals surface area contributed by atoms with Crippen molar-refractivity contribution in [3.63, 3.8) is 0 Å². The van der Waals surface area contributed by atoms with Crippen LogP contribution in [0.15, 0.2) is 19.7 Å². The lowest BCUT2D eigenvalue weighted by Crippen LogP contribution is -2.44. The third-order valence-electron chi connectivity index (χ3n) is 5.80. The molecule has 7 nitrogen and oxygen atoms in total. The first-order chi connectivity index (χ1) is 14.0. The maximum atomic E-state index is 12.6. The third-order valence-corrected chi connectivity index (χ3v) is 5.80. The van der Waals surface area contributed by atoms with Gasteiger partial charge >= 0.3 is 11.6 Å². The van der Waals surface area contributed by atoms with Crippen LogP contribution < -0.4 is 10.9 Å². The molecule has 1 amide bonds. The molecule has 2 heterocycles. The Morgan fingerprint density at radius 1 is 1.00 bits per heavy atom. The lowest BCUT2D eigenvalue weighted by atomic mass is 9.98. The van der Waals surface area contributed by atoms with E-state index in [0.717, 1.165) is 33.2 Å².